The minimum absolute atomic E-state index is 0.233. The number of esters is 1. The Kier molecular flexibility index (Phi) is 9.91. The molecule has 46 heavy (non-hydrogen) atoms. The molecule has 0 atom stereocenters. The predicted molar refractivity (Wildman–Crippen MR) is 186 cm³/mol. The number of benzene rings is 2. The van der Waals surface area contributed by atoms with Crippen LogP contribution in [0.5, 0.6) is 0 Å². The molecule has 5 rings (SSSR count). The molecule has 0 radical (unpaired) electrons. The Labute approximate surface area is 271 Å². The summed E-state index contributed by atoms with van der Waals surface area (Å²) in [6.45, 7) is 12.2. The first-order valence-corrected chi connectivity index (χ1v) is 15.8. The molecule has 2 N–H and O–H groups in total. The van der Waals surface area contributed by atoms with Gasteiger partial charge in [0.1, 0.15) is 11.4 Å². The normalized spacial score (nSPS) is 14.4. The largest absolute Gasteiger partial charge is 0.462 e. The van der Waals surface area contributed by atoms with Crippen molar-refractivity contribution in [3.05, 3.63) is 77.8 Å². The number of hydrogen-bond donors (Lipinski definition) is 2. The summed E-state index contributed by atoms with van der Waals surface area (Å²) in [5.74, 6) is 0.926. The zero-order chi connectivity index (χ0) is 33.0. The number of nitrogens with one attached hydrogen (secondary N) is 2. The van der Waals surface area contributed by atoms with Crippen LogP contribution in [0.3, 0.4) is 0 Å². The number of ether oxygens (including phenoxy) is 1. The lowest BCUT2D eigenvalue weighted by molar-refractivity contribution is -0.111. The molecule has 3 aromatic rings. The van der Waals surface area contributed by atoms with Gasteiger partial charge in [0, 0.05) is 38.6 Å². The van der Waals surface area contributed by atoms with Crippen LogP contribution in [0.1, 0.15) is 48.2 Å². The van der Waals surface area contributed by atoms with Crippen molar-refractivity contribution in [3.8, 4) is 0 Å². The molecule has 1 aromatic heterocycles. The van der Waals surface area contributed by atoms with E-state index in [9.17, 15) is 9.59 Å². The van der Waals surface area contributed by atoms with Crippen molar-refractivity contribution in [3.63, 3.8) is 0 Å². The second kappa shape index (κ2) is 14.0. The van der Waals surface area contributed by atoms with Gasteiger partial charge < -0.3 is 30.1 Å². The maximum absolute atomic E-state index is 13.3. The third-order valence-corrected chi connectivity index (χ3v) is 8.13. The monoisotopic (exact) mass is 624 g/mol. The van der Waals surface area contributed by atoms with Crippen LogP contribution < -0.4 is 25.3 Å². The third kappa shape index (κ3) is 6.55. The lowest BCUT2D eigenvalue weighted by atomic mass is 10.0. The predicted octanol–water partition coefficient (Wildman–Crippen LogP) is 5.98. The summed E-state index contributed by atoms with van der Waals surface area (Å²) in [6.07, 6.45) is 7.79. The highest BCUT2D eigenvalue weighted by Crippen LogP contribution is 2.50. The Balaban J connectivity index is 1.59. The fourth-order valence-corrected chi connectivity index (χ4v) is 5.87. The molecule has 0 aliphatic carbocycles. The van der Waals surface area contributed by atoms with Crippen molar-refractivity contribution in [2.24, 2.45) is 0 Å². The van der Waals surface area contributed by atoms with Crippen LogP contribution in [0.15, 0.2) is 61.1 Å². The SMILES string of the molecule is C=CC(=O)Nc1cc(Nc2ncc(C(=O)OCC)c(N3/C(=C/CC)N4CCCc5cccc3c54)n2)c(C)cc1N(C)CCN(C)C. The van der Waals surface area contributed by atoms with Crippen LogP contribution in [-0.2, 0) is 16.0 Å². The number of aryl methyl sites for hydroxylation is 2. The fourth-order valence-electron chi connectivity index (χ4n) is 5.87. The van der Waals surface area contributed by atoms with Gasteiger partial charge in [0.25, 0.3) is 0 Å². The number of amides is 1. The standard InChI is InChI=1S/C35H44N8O3/c1-8-13-31-42-17-12-15-24-14-11-16-28(32(24)42)43(31)33-25(34(45)46-10-3)22-36-35(39-33)38-26-21-27(37-30(44)9-2)29(20-23(26)4)41(7)19-18-40(5)6/h9,11,13-14,16,20-22H,2,8,10,12,15,17-19H2,1,3-7H3,(H,37,44)(H,36,38,39)/b31-13+. The number of carbonyl (C=O) groups excluding carboxylic acids is 2. The number of likely N-dealkylation sites (N-methyl/N-ethyl adjacent to an activating group) is 2. The molecular weight excluding hydrogens is 580 g/mol. The average Bonchev–Trinajstić information content (AvgIpc) is 3.35. The quantitative estimate of drug-likeness (QED) is 0.185. The summed E-state index contributed by atoms with van der Waals surface area (Å²) in [7, 11) is 6.05. The Morgan fingerprint density at radius 2 is 1.93 bits per heavy atom. The summed E-state index contributed by atoms with van der Waals surface area (Å²) < 4.78 is 5.46. The van der Waals surface area contributed by atoms with E-state index in [2.05, 4.69) is 73.0 Å². The van der Waals surface area contributed by atoms with E-state index in [-0.39, 0.29) is 18.1 Å². The highest BCUT2D eigenvalue weighted by atomic mass is 16.5. The van der Waals surface area contributed by atoms with E-state index >= 15 is 0 Å². The number of nitrogens with zero attached hydrogens (tertiary/aromatic N) is 6. The first-order valence-electron chi connectivity index (χ1n) is 15.8. The van der Waals surface area contributed by atoms with Gasteiger partial charge in [-0.2, -0.15) is 4.98 Å². The maximum Gasteiger partial charge on any atom is 0.343 e. The van der Waals surface area contributed by atoms with Crippen LogP contribution in [0.4, 0.5) is 40.2 Å². The third-order valence-electron chi connectivity index (χ3n) is 8.13. The van der Waals surface area contributed by atoms with Gasteiger partial charge in [0.05, 0.1) is 29.4 Å². The zero-order valence-corrected chi connectivity index (χ0v) is 27.7. The average molecular weight is 625 g/mol. The van der Waals surface area contributed by atoms with E-state index in [0.717, 1.165) is 67.3 Å². The van der Waals surface area contributed by atoms with Crippen LogP contribution in [0.2, 0.25) is 0 Å². The summed E-state index contributed by atoms with van der Waals surface area (Å²) in [4.78, 5) is 43.8. The Bertz CT molecular complexity index is 1670. The Morgan fingerprint density at radius 1 is 1.13 bits per heavy atom. The highest BCUT2D eigenvalue weighted by Gasteiger charge is 2.38. The molecule has 3 heterocycles. The van der Waals surface area contributed by atoms with Crippen LogP contribution in [0, 0.1) is 6.92 Å². The minimum atomic E-state index is -0.485. The highest BCUT2D eigenvalue weighted by molar-refractivity contribution is 6.02. The van der Waals surface area contributed by atoms with Gasteiger partial charge in [0.15, 0.2) is 5.82 Å². The molecule has 0 saturated carbocycles. The number of carbonyl (C=O) groups is 2. The van der Waals surface area contributed by atoms with Gasteiger partial charge in [-0.25, -0.2) is 9.78 Å². The van der Waals surface area contributed by atoms with Gasteiger partial charge in [-0.05, 0) is 88.7 Å². The number of aromatic nitrogens is 2. The lowest BCUT2D eigenvalue weighted by Gasteiger charge is -2.28. The minimum Gasteiger partial charge on any atom is -0.462 e. The Morgan fingerprint density at radius 3 is 2.65 bits per heavy atom. The van der Waals surface area contributed by atoms with Gasteiger partial charge in [0.2, 0.25) is 11.9 Å². The van der Waals surface area contributed by atoms with Crippen molar-refractivity contribution in [1.82, 2.24) is 14.9 Å². The van der Waals surface area contributed by atoms with Crippen molar-refractivity contribution >= 4 is 52.1 Å². The molecule has 11 heteroatoms. The Hall–Kier alpha value is -4.90. The van der Waals surface area contributed by atoms with E-state index in [4.69, 9.17) is 9.72 Å². The molecule has 2 aromatic carbocycles. The second-order valence-corrected chi connectivity index (χ2v) is 11.7. The zero-order valence-electron chi connectivity index (χ0n) is 27.7. The van der Waals surface area contributed by atoms with Crippen molar-refractivity contribution < 1.29 is 14.3 Å². The van der Waals surface area contributed by atoms with Gasteiger partial charge in [-0.3, -0.25) is 9.69 Å². The number of para-hydroxylation sites is 1. The van der Waals surface area contributed by atoms with Crippen molar-refractivity contribution in [1.29, 1.82) is 0 Å². The summed E-state index contributed by atoms with van der Waals surface area (Å²) in [6, 6.07) is 10.2. The number of anilines is 7. The molecule has 2 aliphatic heterocycles. The van der Waals surface area contributed by atoms with Crippen LogP contribution in [0.25, 0.3) is 0 Å². The molecule has 1 amide bonds. The number of rotatable bonds is 12. The molecule has 0 unspecified atom stereocenters. The first-order chi connectivity index (χ1) is 22.2. The summed E-state index contributed by atoms with van der Waals surface area (Å²) in [5, 5.41) is 6.32. The van der Waals surface area contributed by atoms with E-state index < -0.39 is 5.97 Å². The first kappa shape index (κ1) is 32.5. The van der Waals surface area contributed by atoms with Crippen LogP contribution in [-0.4, -0.2) is 74.1 Å². The van der Waals surface area contributed by atoms with E-state index in [0.29, 0.717) is 23.1 Å². The second-order valence-electron chi connectivity index (χ2n) is 11.7. The van der Waals surface area contributed by atoms with E-state index in [1.807, 2.05) is 40.2 Å². The molecule has 242 valence electrons. The van der Waals surface area contributed by atoms with Gasteiger partial charge >= 0.3 is 5.97 Å². The lowest BCUT2D eigenvalue weighted by Crippen LogP contribution is -2.30. The van der Waals surface area contributed by atoms with Crippen molar-refractivity contribution in [2.75, 3.05) is 72.7 Å². The number of hydrogen-bond acceptors (Lipinski definition) is 10. The smallest absolute Gasteiger partial charge is 0.343 e. The topological polar surface area (TPSA) is 106 Å². The van der Waals surface area contributed by atoms with Crippen molar-refractivity contribution in [2.45, 2.75) is 40.0 Å². The van der Waals surface area contributed by atoms with E-state index in [1.54, 1.807) is 6.92 Å². The van der Waals surface area contributed by atoms with Gasteiger partial charge in [-0.15, -0.1) is 0 Å². The molecule has 0 spiro atoms. The molecule has 0 bridgehead atoms. The molecule has 2 aliphatic rings. The molecule has 0 saturated heterocycles. The summed E-state index contributed by atoms with van der Waals surface area (Å²) in [5.41, 5.74) is 6.84. The van der Waals surface area contributed by atoms with E-state index in [1.165, 1.54) is 17.8 Å². The molecule has 11 nitrogen and oxygen atoms in total. The van der Waals surface area contributed by atoms with Crippen LogP contribution >= 0.6 is 0 Å². The maximum atomic E-state index is 13.3. The van der Waals surface area contributed by atoms with Gasteiger partial charge in [-0.1, -0.05) is 25.6 Å². The summed E-state index contributed by atoms with van der Waals surface area (Å²) >= 11 is 0. The molecular formula is C35H44N8O3. The fraction of sp³-hybridized carbons (Fsp3) is 0.371. The number of allylic oxidation sites excluding steroid dienone is 1. The molecule has 0 fully saturated rings.